The lowest BCUT2D eigenvalue weighted by Gasteiger charge is -2.41. The van der Waals surface area contributed by atoms with Crippen LogP contribution in [-0.4, -0.2) is 29.6 Å². The van der Waals surface area contributed by atoms with Gasteiger partial charge in [0.15, 0.2) is 0 Å². The van der Waals surface area contributed by atoms with Crippen LogP contribution in [0.4, 0.5) is 5.69 Å². The monoisotopic (exact) mass is 276 g/mol. The number of nitrogen functional groups attached to an aromatic ring is 1. The van der Waals surface area contributed by atoms with E-state index in [0.717, 1.165) is 18.7 Å². The van der Waals surface area contributed by atoms with Gasteiger partial charge in [0.05, 0.1) is 6.10 Å². The van der Waals surface area contributed by atoms with Crippen molar-refractivity contribution in [3.8, 4) is 0 Å². The maximum Gasteiger partial charge on any atom is 0.0936 e. The van der Waals surface area contributed by atoms with Crippen molar-refractivity contribution in [3.05, 3.63) is 29.8 Å². The molecule has 2 rings (SSSR count). The first kappa shape index (κ1) is 15.3. The van der Waals surface area contributed by atoms with Crippen LogP contribution in [0.1, 0.15) is 51.2 Å². The highest BCUT2D eigenvalue weighted by Crippen LogP contribution is 2.38. The molecular weight excluding hydrogens is 248 g/mol. The minimum atomic E-state index is -0.480. The molecular formula is C17H28N2O. The zero-order valence-electron chi connectivity index (χ0n) is 12.8. The third-order valence-corrected chi connectivity index (χ3v) is 5.20. The molecule has 1 aromatic rings. The number of aliphatic hydroxyl groups is 1. The SMILES string of the molecule is CCC1(CC)CCN(CC(O)c2ccccc2N)CC1. The molecule has 20 heavy (non-hydrogen) atoms. The Morgan fingerprint density at radius 2 is 1.80 bits per heavy atom. The Balaban J connectivity index is 1.91. The van der Waals surface area contributed by atoms with Crippen LogP contribution in [0.3, 0.4) is 0 Å². The molecule has 3 N–H and O–H groups in total. The van der Waals surface area contributed by atoms with Crippen molar-refractivity contribution in [3.63, 3.8) is 0 Å². The fourth-order valence-corrected chi connectivity index (χ4v) is 3.32. The van der Waals surface area contributed by atoms with Crippen LogP contribution >= 0.6 is 0 Å². The highest BCUT2D eigenvalue weighted by Gasteiger charge is 2.31. The first-order valence-corrected chi connectivity index (χ1v) is 7.85. The standard InChI is InChI=1S/C17H28N2O/c1-3-17(4-2)9-11-19(12-10-17)13-16(20)14-7-5-6-8-15(14)18/h5-8,16,20H,3-4,9-13,18H2,1-2H3. The van der Waals surface area contributed by atoms with Gasteiger partial charge in [0.2, 0.25) is 0 Å². The molecule has 0 spiro atoms. The van der Waals surface area contributed by atoms with E-state index in [1.165, 1.54) is 25.7 Å². The number of anilines is 1. The summed E-state index contributed by atoms with van der Waals surface area (Å²) in [5.41, 5.74) is 8.01. The van der Waals surface area contributed by atoms with Crippen LogP contribution in [0.25, 0.3) is 0 Å². The Labute approximate surface area is 122 Å². The van der Waals surface area contributed by atoms with Crippen molar-refractivity contribution < 1.29 is 5.11 Å². The quantitative estimate of drug-likeness (QED) is 0.812. The fourth-order valence-electron chi connectivity index (χ4n) is 3.32. The lowest BCUT2D eigenvalue weighted by atomic mass is 9.74. The normalized spacial score (nSPS) is 20.8. The Morgan fingerprint density at radius 1 is 1.20 bits per heavy atom. The molecule has 0 saturated carbocycles. The number of hydrogen-bond donors (Lipinski definition) is 2. The predicted molar refractivity (Wildman–Crippen MR) is 84.5 cm³/mol. The minimum Gasteiger partial charge on any atom is -0.398 e. The van der Waals surface area contributed by atoms with E-state index in [1.807, 2.05) is 24.3 Å². The maximum atomic E-state index is 10.4. The van der Waals surface area contributed by atoms with E-state index in [2.05, 4.69) is 18.7 Å². The van der Waals surface area contributed by atoms with Gasteiger partial charge in [-0.05, 0) is 37.4 Å². The lowest BCUT2D eigenvalue weighted by Crippen LogP contribution is -2.41. The Kier molecular flexibility index (Phi) is 5.06. The van der Waals surface area contributed by atoms with Gasteiger partial charge >= 0.3 is 0 Å². The number of aliphatic hydroxyl groups excluding tert-OH is 1. The molecule has 3 heteroatoms. The average molecular weight is 276 g/mol. The van der Waals surface area contributed by atoms with E-state index in [9.17, 15) is 5.11 Å². The van der Waals surface area contributed by atoms with Gasteiger partial charge in [-0.15, -0.1) is 0 Å². The summed E-state index contributed by atoms with van der Waals surface area (Å²) < 4.78 is 0. The van der Waals surface area contributed by atoms with E-state index < -0.39 is 6.10 Å². The van der Waals surface area contributed by atoms with Crippen molar-refractivity contribution in [1.82, 2.24) is 4.90 Å². The topological polar surface area (TPSA) is 49.5 Å². The molecule has 0 aliphatic carbocycles. The van der Waals surface area contributed by atoms with Gasteiger partial charge in [0.1, 0.15) is 0 Å². The van der Waals surface area contributed by atoms with E-state index in [0.29, 0.717) is 17.6 Å². The van der Waals surface area contributed by atoms with Gasteiger partial charge in [0.25, 0.3) is 0 Å². The highest BCUT2D eigenvalue weighted by atomic mass is 16.3. The molecule has 0 radical (unpaired) electrons. The van der Waals surface area contributed by atoms with Gasteiger partial charge in [-0.3, -0.25) is 0 Å². The summed E-state index contributed by atoms with van der Waals surface area (Å²) in [4.78, 5) is 2.38. The zero-order chi connectivity index (χ0) is 14.6. The smallest absolute Gasteiger partial charge is 0.0936 e. The first-order valence-electron chi connectivity index (χ1n) is 7.85. The van der Waals surface area contributed by atoms with Gasteiger partial charge in [0, 0.05) is 17.8 Å². The van der Waals surface area contributed by atoms with Crippen LogP contribution in [0.2, 0.25) is 0 Å². The highest BCUT2D eigenvalue weighted by molar-refractivity contribution is 5.47. The number of rotatable bonds is 5. The second-order valence-corrected chi connectivity index (χ2v) is 6.15. The van der Waals surface area contributed by atoms with Crippen LogP contribution in [-0.2, 0) is 0 Å². The van der Waals surface area contributed by atoms with Crippen molar-refractivity contribution in [2.45, 2.75) is 45.6 Å². The van der Waals surface area contributed by atoms with Crippen molar-refractivity contribution in [2.75, 3.05) is 25.4 Å². The summed E-state index contributed by atoms with van der Waals surface area (Å²) in [5, 5.41) is 10.4. The number of β-amino-alcohol motifs (C(OH)–C–C–N with tert-alkyl or cyclic N) is 1. The van der Waals surface area contributed by atoms with E-state index in [4.69, 9.17) is 5.73 Å². The minimum absolute atomic E-state index is 0.480. The van der Waals surface area contributed by atoms with Gasteiger partial charge in [-0.1, -0.05) is 44.9 Å². The summed E-state index contributed by atoms with van der Waals surface area (Å²) in [6.45, 7) is 7.48. The molecule has 0 aromatic heterocycles. The number of likely N-dealkylation sites (tertiary alicyclic amines) is 1. The van der Waals surface area contributed by atoms with Crippen molar-refractivity contribution >= 4 is 5.69 Å². The molecule has 1 saturated heterocycles. The third kappa shape index (κ3) is 3.33. The molecule has 0 amide bonds. The number of benzene rings is 1. The van der Waals surface area contributed by atoms with Gasteiger partial charge in [-0.25, -0.2) is 0 Å². The van der Waals surface area contributed by atoms with Gasteiger partial charge in [-0.2, -0.15) is 0 Å². The zero-order valence-corrected chi connectivity index (χ0v) is 12.8. The largest absolute Gasteiger partial charge is 0.398 e. The molecule has 1 aliphatic rings. The number of piperidine rings is 1. The second kappa shape index (κ2) is 6.59. The van der Waals surface area contributed by atoms with Crippen LogP contribution in [0.5, 0.6) is 0 Å². The van der Waals surface area contributed by atoms with E-state index in [-0.39, 0.29) is 0 Å². The Bertz CT molecular complexity index is 419. The van der Waals surface area contributed by atoms with Crippen LogP contribution < -0.4 is 5.73 Å². The molecule has 0 bridgehead atoms. The van der Waals surface area contributed by atoms with Crippen molar-refractivity contribution in [2.24, 2.45) is 5.41 Å². The summed E-state index contributed by atoms with van der Waals surface area (Å²) in [6.07, 6.45) is 4.55. The number of nitrogens with zero attached hydrogens (tertiary/aromatic N) is 1. The first-order chi connectivity index (χ1) is 9.60. The second-order valence-electron chi connectivity index (χ2n) is 6.15. The van der Waals surface area contributed by atoms with Gasteiger partial charge < -0.3 is 15.7 Å². The third-order valence-electron chi connectivity index (χ3n) is 5.20. The Morgan fingerprint density at radius 3 is 2.35 bits per heavy atom. The number of nitrogens with two attached hydrogens (primary N) is 1. The van der Waals surface area contributed by atoms with E-state index in [1.54, 1.807) is 0 Å². The summed E-state index contributed by atoms with van der Waals surface area (Å²) in [7, 11) is 0. The molecule has 1 unspecified atom stereocenters. The summed E-state index contributed by atoms with van der Waals surface area (Å²) in [6, 6.07) is 7.62. The molecule has 3 nitrogen and oxygen atoms in total. The predicted octanol–water partition coefficient (Wildman–Crippen LogP) is 3.20. The lowest BCUT2D eigenvalue weighted by molar-refractivity contribution is 0.0534. The molecule has 1 fully saturated rings. The van der Waals surface area contributed by atoms with Crippen LogP contribution in [0, 0.1) is 5.41 Å². The van der Waals surface area contributed by atoms with Crippen molar-refractivity contribution in [1.29, 1.82) is 0 Å². The maximum absolute atomic E-state index is 10.4. The Hall–Kier alpha value is -1.06. The molecule has 1 aliphatic heterocycles. The fraction of sp³-hybridized carbons (Fsp3) is 0.647. The van der Waals surface area contributed by atoms with Crippen LogP contribution in [0.15, 0.2) is 24.3 Å². The number of para-hydroxylation sites is 1. The van der Waals surface area contributed by atoms with E-state index >= 15 is 0 Å². The summed E-state index contributed by atoms with van der Waals surface area (Å²) in [5.74, 6) is 0. The molecule has 1 atom stereocenters. The summed E-state index contributed by atoms with van der Waals surface area (Å²) >= 11 is 0. The molecule has 1 heterocycles. The number of hydrogen-bond acceptors (Lipinski definition) is 3. The molecule has 112 valence electrons. The molecule has 1 aromatic carbocycles. The average Bonchev–Trinajstić information content (AvgIpc) is 2.49.